The van der Waals surface area contributed by atoms with Gasteiger partial charge in [0.15, 0.2) is 6.29 Å². The number of hydrogen-bond donors (Lipinski definition) is 2. The predicted molar refractivity (Wildman–Crippen MR) is 135 cm³/mol. The first-order valence-electron chi connectivity index (χ1n) is 11.8. The van der Waals surface area contributed by atoms with Crippen LogP contribution in [0.1, 0.15) is 44.8 Å². The largest absolute Gasteiger partial charge is 0.449 e. The maximum atomic E-state index is 13.2. The van der Waals surface area contributed by atoms with Gasteiger partial charge in [0.05, 0.1) is 42.1 Å². The second kappa shape index (κ2) is 11.9. The number of rotatable bonds is 9. The zero-order valence-electron chi connectivity index (χ0n) is 20.3. The van der Waals surface area contributed by atoms with Crippen LogP contribution in [0.2, 0.25) is 0 Å². The van der Waals surface area contributed by atoms with Gasteiger partial charge < -0.3 is 25.0 Å². The lowest BCUT2D eigenvalue weighted by Crippen LogP contribution is -2.30. The minimum absolute atomic E-state index is 0.144. The summed E-state index contributed by atoms with van der Waals surface area (Å²) in [5, 5.41) is 15.8. The minimum Gasteiger partial charge on any atom is -0.449 e. The molecule has 0 spiro atoms. The van der Waals surface area contributed by atoms with E-state index in [1.165, 1.54) is 6.20 Å². The molecule has 0 aliphatic carbocycles. The molecule has 2 amide bonds. The van der Waals surface area contributed by atoms with Crippen LogP contribution in [0.4, 0.5) is 16.3 Å². The number of ether oxygens (including phenoxy) is 2. The van der Waals surface area contributed by atoms with Crippen molar-refractivity contribution in [2.24, 2.45) is 0 Å². The molecule has 2 N–H and O–H groups in total. The number of para-hydroxylation sites is 1. The number of aromatic nitrogens is 2. The summed E-state index contributed by atoms with van der Waals surface area (Å²) in [5.41, 5.74) is 2.15. The summed E-state index contributed by atoms with van der Waals surface area (Å²) < 4.78 is 10.2. The van der Waals surface area contributed by atoms with Crippen molar-refractivity contribution in [3.8, 4) is 6.07 Å². The van der Waals surface area contributed by atoms with Crippen LogP contribution in [-0.4, -0.2) is 66.6 Å². The normalized spacial score (nSPS) is 13.4. The van der Waals surface area contributed by atoms with E-state index in [0.717, 1.165) is 12.8 Å². The summed E-state index contributed by atoms with van der Waals surface area (Å²) in [6.45, 7) is 2.00. The van der Waals surface area contributed by atoms with Crippen molar-refractivity contribution < 1.29 is 23.9 Å². The topological polar surface area (TPSA) is 147 Å². The number of nitrogens with one attached hydrogen (secondary N) is 2. The molecule has 0 saturated carbocycles. The van der Waals surface area contributed by atoms with Crippen molar-refractivity contribution in [3.05, 3.63) is 58.9 Å². The van der Waals surface area contributed by atoms with Gasteiger partial charge in [0.1, 0.15) is 17.6 Å². The Bertz CT molecular complexity index is 1370. The SMILES string of the molecule is COCCNc1cc(NC(=O)c2cccc3cc(CN4CCCCOC4=O)c(C=O)nc23)ncc1C#N. The molecule has 3 heterocycles. The van der Waals surface area contributed by atoms with Crippen molar-refractivity contribution >= 4 is 40.7 Å². The van der Waals surface area contributed by atoms with Gasteiger partial charge in [-0.25, -0.2) is 14.8 Å². The smallest absolute Gasteiger partial charge is 0.410 e. The first-order chi connectivity index (χ1) is 18.0. The molecule has 1 saturated heterocycles. The van der Waals surface area contributed by atoms with Crippen molar-refractivity contribution in [1.29, 1.82) is 5.26 Å². The Labute approximate surface area is 213 Å². The Morgan fingerprint density at radius 3 is 2.97 bits per heavy atom. The van der Waals surface area contributed by atoms with E-state index in [1.807, 2.05) is 0 Å². The van der Waals surface area contributed by atoms with E-state index in [-0.39, 0.29) is 23.6 Å². The lowest BCUT2D eigenvalue weighted by molar-refractivity contribution is 0.102. The number of nitrogens with zero attached hydrogens (tertiary/aromatic N) is 4. The molecule has 2 aromatic heterocycles. The quantitative estimate of drug-likeness (QED) is 0.332. The molecule has 37 heavy (non-hydrogen) atoms. The number of amides is 2. The van der Waals surface area contributed by atoms with Crippen molar-refractivity contribution in [3.63, 3.8) is 0 Å². The molecule has 0 bridgehead atoms. The highest BCUT2D eigenvalue weighted by Gasteiger charge is 2.21. The van der Waals surface area contributed by atoms with E-state index < -0.39 is 12.0 Å². The molecule has 0 atom stereocenters. The van der Waals surface area contributed by atoms with Gasteiger partial charge >= 0.3 is 6.09 Å². The highest BCUT2D eigenvalue weighted by Crippen LogP contribution is 2.24. The first-order valence-corrected chi connectivity index (χ1v) is 11.8. The number of carbonyl (C=O) groups excluding carboxylic acids is 3. The van der Waals surface area contributed by atoms with Crippen LogP contribution in [0.5, 0.6) is 0 Å². The fraction of sp³-hybridized carbons (Fsp3) is 0.308. The standard InChI is InChI=1S/C26H26N6O5/c1-36-10-7-28-21-12-23(29-14-19(21)13-27)31-25(34)20-6-4-5-17-11-18(22(16-33)30-24(17)20)15-32-8-2-3-9-37-26(32)35/h4-6,11-12,14,16H,2-3,7-10,15H2,1H3,(H2,28,29,31,34). The van der Waals surface area contributed by atoms with Gasteiger partial charge in [-0.1, -0.05) is 12.1 Å². The summed E-state index contributed by atoms with van der Waals surface area (Å²) in [6.07, 6.45) is 3.16. The zero-order chi connectivity index (χ0) is 26.2. The van der Waals surface area contributed by atoms with E-state index >= 15 is 0 Å². The van der Waals surface area contributed by atoms with Crippen LogP contribution in [0.25, 0.3) is 10.9 Å². The van der Waals surface area contributed by atoms with Crippen molar-refractivity contribution in [1.82, 2.24) is 14.9 Å². The first kappa shape index (κ1) is 25.5. The molecule has 1 aliphatic rings. The number of benzene rings is 1. The Hall–Kier alpha value is -4.56. The Morgan fingerprint density at radius 2 is 2.19 bits per heavy atom. The number of nitriles is 1. The number of hydrogen-bond acceptors (Lipinski definition) is 9. The molecule has 11 heteroatoms. The highest BCUT2D eigenvalue weighted by atomic mass is 16.6. The average molecular weight is 503 g/mol. The van der Waals surface area contributed by atoms with Gasteiger partial charge in [-0.2, -0.15) is 5.26 Å². The van der Waals surface area contributed by atoms with Crippen molar-refractivity contribution in [2.75, 3.05) is 44.0 Å². The number of methoxy groups -OCH3 is 1. The Kier molecular flexibility index (Phi) is 8.22. The lowest BCUT2D eigenvalue weighted by atomic mass is 10.0. The Balaban J connectivity index is 1.61. The maximum absolute atomic E-state index is 13.2. The average Bonchev–Trinajstić information content (AvgIpc) is 3.11. The minimum atomic E-state index is -0.473. The van der Waals surface area contributed by atoms with Gasteiger partial charge in [-0.15, -0.1) is 0 Å². The third-order valence-corrected chi connectivity index (χ3v) is 5.87. The fourth-order valence-electron chi connectivity index (χ4n) is 3.99. The van der Waals surface area contributed by atoms with Crippen LogP contribution in [0, 0.1) is 11.3 Å². The molecular formula is C26H26N6O5. The van der Waals surface area contributed by atoms with Crippen LogP contribution in [0.15, 0.2) is 36.5 Å². The summed E-state index contributed by atoms with van der Waals surface area (Å²) >= 11 is 0. The summed E-state index contributed by atoms with van der Waals surface area (Å²) in [7, 11) is 1.57. The highest BCUT2D eigenvalue weighted by molar-refractivity contribution is 6.12. The van der Waals surface area contributed by atoms with Crippen LogP contribution in [-0.2, 0) is 16.0 Å². The third kappa shape index (κ3) is 5.99. The summed E-state index contributed by atoms with van der Waals surface area (Å²) in [6, 6.07) is 10.5. The molecule has 0 radical (unpaired) electrons. The third-order valence-electron chi connectivity index (χ3n) is 5.87. The van der Waals surface area contributed by atoms with Crippen LogP contribution >= 0.6 is 0 Å². The molecule has 4 rings (SSSR count). The summed E-state index contributed by atoms with van der Waals surface area (Å²) in [4.78, 5) is 47.5. The molecule has 0 unspecified atom stereocenters. The lowest BCUT2D eigenvalue weighted by Gasteiger charge is -2.20. The molecule has 190 valence electrons. The number of fused-ring (bicyclic) bond motifs is 1. The van der Waals surface area contributed by atoms with E-state index in [4.69, 9.17) is 9.47 Å². The monoisotopic (exact) mass is 502 g/mol. The van der Waals surface area contributed by atoms with Crippen molar-refractivity contribution in [2.45, 2.75) is 19.4 Å². The van der Waals surface area contributed by atoms with Crippen LogP contribution in [0.3, 0.4) is 0 Å². The number of anilines is 2. The number of pyridine rings is 2. The van der Waals surface area contributed by atoms with Gasteiger partial charge in [-0.3, -0.25) is 9.59 Å². The van der Waals surface area contributed by atoms with E-state index in [0.29, 0.717) is 60.3 Å². The second-order valence-corrected chi connectivity index (χ2v) is 8.37. The van der Waals surface area contributed by atoms with Gasteiger partial charge in [0.25, 0.3) is 5.91 Å². The van der Waals surface area contributed by atoms with Gasteiger partial charge in [0, 0.05) is 43.4 Å². The molecule has 11 nitrogen and oxygen atoms in total. The van der Waals surface area contributed by atoms with E-state index in [2.05, 4.69) is 26.7 Å². The molecule has 1 aliphatic heterocycles. The molecule has 3 aromatic rings. The van der Waals surface area contributed by atoms with Gasteiger partial charge in [-0.05, 0) is 25.0 Å². The van der Waals surface area contributed by atoms with E-state index in [1.54, 1.807) is 42.3 Å². The van der Waals surface area contributed by atoms with Gasteiger partial charge in [0.2, 0.25) is 0 Å². The van der Waals surface area contributed by atoms with E-state index in [9.17, 15) is 19.6 Å². The molecular weight excluding hydrogens is 476 g/mol. The predicted octanol–water partition coefficient (Wildman–Crippen LogP) is 3.36. The fourth-order valence-corrected chi connectivity index (χ4v) is 3.99. The molecule has 1 aromatic carbocycles. The molecule has 1 fully saturated rings. The maximum Gasteiger partial charge on any atom is 0.410 e. The number of cyclic esters (lactones) is 1. The summed E-state index contributed by atoms with van der Waals surface area (Å²) in [5.74, 6) is -0.230. The van der Waals surface area contributed by atoms with Crippen LogP contribution < -0.4 is 10.6 Å². The zero-order valence-corrected chi connectivity index (χ0v) is 20.3. The second-order valence-electron chi connectivity index (χ2n) is 8.37. The number of carbonyl (C=O) groups is 3. The Morgan fingerprint density at radius 1 is 1.32 bits per heavy atom. The number of aldehydes is 1.